The Morgan fingerprint density at radius 1 is 1.20 bits per heavy atom. The minimum absolute atomic E-state index is 0. The van der Waals surface area contributed by atoms with E-state index in [1.54, 1.807) is 12.1 Å². The van der Waals surface area contributed by atoms with Crippen molar-refractivity contribution >= 4 is 34.0 Å². The Hall–Kier alpha value is -1.15. The molecule has 8 heteroatoms. The molecule has 1 aromatic carbocycles. The Morgan fingerprint density at radius 2 is 1.92 bits per heavy atom. The maximum atomic E-state index is 12.1. The van der Waals surface area contributed by atoms with E-state index in [-0.39, 0.29) is 36.3 Å². The second-order valence-corrected chi connectivity index (χ2v) is 8.07. The van der Waals surface area contributed by atoms with E-state index in [2.05, 4.69) is 10.0 Å². The highest BCUT2D eigenvalue weighted by molar-refractivity contribution is 7.89. The van der Waals surface area contributed by atoms with Crippen LogP contribution in [0.15, 0.2) is 29.2 Å². The first-order valence-corrected chi connectivity index (χ1v) is 10.1. The average Bonchev–Trinajstić information content (AvgIpc) is 2.59. The van der Waals surface area contributed by atoms with E-state index in [0.29, 0.717) is 18.0 Å². The van der Waals surface area contributed by atoms with Crippen LogP contribution in [0.2, 0.25) is 0 Å². The molecule has 1 amide bonds. The molecule has 142 valence electrons. The number of halogens is 1. The summed E-state index contributed by atoms with van der Waals surface area (Å²) in [6.07, 6.45) is 7.66. The first-order chi connectivity index (χ1) is 11.5. The number of hydrogen-bond donors (Lipinski definition) is 3. The van der Waals surface area contributed by atoms with E-state index in [0.717, 1.165) is 6.42 Å². The lowest BCUT2D eigenvalue weighted by atomic mass is 9.86. The van der Waals surface area contributed by atoms with Crippen LogP contribution in [0.4, 0.5) is 5.69 Å². The molecule has 0 heterocycles. The SMILES string of the molecule is Cl.NCCNS(=O)(=O)c1cccc(NC(=O)CCC2CCCCC2)c1. The molecule has 1 aliphatic rings. The molecule has 1 aliphatic carbocycles. The molecule has 1 saturated carbocycles. The Labute approximate surface area is 156 Å². The van der Waals surface area contributed by atoms with Crippen molar-refractivity contribution in [2.24, 2.45) is 11.7 Å². The first kappa shape index (κ1) is 21.9. The molecule has 4 N–H and O–H groups in total. The van der Waals surface area contributed by atoms with Gasteiger partial charge in [0.15, 0.2) is 0 Å². The van der Waals surface area contributed by atoms with Crippen molar-refractivity contribution in [3.8, 4) is 0 Å². The molecule has 2 rings (SSSR count). The summed E-state index contributed by atoms with van der Waals surface area (Å²) < 4.78 is 26.6. The molecule has 0 aromatic heterocycles. The fourth-order valence-corrected chi connectivity index (χ4v) is 4.15. The Bertz CT molecular complexity index is 646. The maximum absolute atomic E-state index is 12.1. The van der Waals surface area contributed by atoms with Crippen molar-refractivity contribution in [1.29, 1.82) is 0 Å². The summed E-state index contributed by atoms with van der Waals surface area (Å²) in [4.78, 5) is 12.2. The Morgan fingerprint density at radius 3 is 2.60 bits per heavy atom. The minimum Gasteiger partial charge on any atom is -0.329 e. The van der Waals surface area contributed by atoms with Crippen molar-refractivity contribution < 1.29 is 13.2 Å². The fraction of sp³-hybridized carbons (Fsp3) is 0.588. The van der Waals surface area contributed by atoms with Crippen LogP contribution in [0.1, 0.15) is 44.9 Å². The highest BCUT2D eigenvalue weighted by Gasteiger charge is 2.16. The number of anilines is 1. The molecule has 1 aromatic rings. The molecule has 0 saturated heterocycles. The Balaban J connectivity index is 0.00000312. The van der Waals surface area contributed by atoms with E-state index in [1.807, 2.05) is 0 Å². The van der Waals surface area contributed by atoms with Gasteiger partial charge in [0.05, 0.1) is 4.90 Å². The molecule has 0 atom stereocenters. The average molecular weight is 390 g/mol. The van der Waals surface area contributed by atoms with E-state index >= 15 is 0 Å². The quantitative estimate of drug-likeness (QED) is 0.636. The smallest absolute Gasteiger partial charge is 0.240 e. The van der Waals surface area contributed by atoms with Crippen LogP contribution in [0.25, 0.3) is 0 Å². The van der Waals surface area contributed by atoms with Gasteiger partial charge in [-0.05, 0) is 30.5 Å². The van der Waals surface area contributed by atoms with E-state index in [1.165, 1.54) is 44.2 Å². The van der Waals surface area contributed by atoms with Crippen LogP contribution in [-0.4, -0.2) is 27.4 Å². The lowest BCUT2D eigenvalue weighted by Crippen LogP contribution is -2.29. The lowest BCUT2D eigenvalue weighted by molar-refractivity contribution is -0.116. The number of hydrogen-bond acceptors (Lipinski definition) is 4. The van der Waals surface area contributed by atoms with Crippen molar-refractivity contribution in [2.45, 2.75) is 49.8 Å². The molecule has 0 aliphatic heterocycles. The third-order valence-corrected chi connectivity index (χ3v) is 5.83. The van der Waals surface area contributed by atoms with E-state index < -0.39 is 10.0 Å². The Kier molecular flexibility index (Phi) is 9.42. The van der Waals surface area contributed by atoms with Gasteiger partial charge in [-0.15, -0.1) is 12.4 Å². The molecule has 25 heavy (non-hydrogen) atoms. The second kappa shape index (κ2) is 10.8. The van der Waals surface area contributed by atoms with Gasteiger partial charge in [-0.25, -0.2) is 13.1 Å². The normalized spacial score (nSPS) is 15.4. The van der Waals surface area contributed by atoms with E-state index in [4.69, 9.17) is 5.73 Å². The maximum Gasteiger partial charge on any atom is 0.240 e. The highest BCUT2D eigenvalue weighted by Crippen LogP contribution is 2.27. The van der Waals surface area contributed by atoms with Crippen LogP contribution >= 0.6 is 12.4 Å². The zero-order valence-corrected chi connectivity index (χ0v) is 16.0. The summed E-state index contributed by atoms with van der Waals surface area (Å²) in [7, 11) is -3.59. The summed E-state index contributed by atoms with van der Waals surface area (Å²) in [6.45, 7) is 0.414. The van der Waals surface area contributed by atoms with Crippen LogP contribution in [-0.2, 0) is 14.8 Å². The van der Waals surface area contributed by atoms with E-state index in [9.17, 15) is 13.2 Å². The molecule has 6 nitrogen and oxygen atoms in total. The molecule has 0 bridgehead atoms. The summed E-state index contributed by atoms with van der Waals surface area (Å²) in [5.41, 5.74) is 5.82. The third-order valence-electron chi connectivity index (χ3n) is 4.37. The number of nitrogens with two attached hydrogens (primary N) is 1. The number of sulfonamides is 1. The van der Waals surface area contributed by atoms with Gasteiger partial charge < -0.3 is 11.1 Å². The number of benzene rings is 1. The molecule has 1 fully saturated rings. The van der Waals surface area contributed by atoms with Gasteiger partial charge in [-0.3, -0.25) is 4.79 Å². The third kappa shape index (κ3) is 7.32. The predicted molar refractivity (Wildman–Crippen MR) is 102 cm³/mol. The molecular formula is C17H28ClN3O3S. The van der Waals surface area contributed by atoms with Gasteiger partial charge in [0.1, 0.15) is 0 Å². The first-order valence-electron chi connectivity index (χ1n) is 8.61. The monoisotopic (exact) mass is 389 g/mol. The van der Waals surface area contributed by atoms with Crippen molar-refractivity contribution in [3.63, 3.8) is 0 Å². The van der Waals surface area contributed by atoms with Gasteiger partial charge in [0, 0.05) is 25.2 Å². The van der Waals surface area contributed by atoms with Gasteiger partial charge in [0.2, 0.25) is 15.9 Å². The predicted octanol–water partition coefficient (Wildman–Crippen LogP) is 2.64. The van der Waals surface area contributed by atoms with Crippen LogP contribution in [0.5, 0.6) is 0 Å². The van der Waals surface area contributed by atoms with Crippen LogP contribution < -0.4 is 15.8 Å². The summed E-state index contributed by atoms with van der Waals surface area (Å²) in [5, 5.41) is 2.79. The van der Waals surface area contributed by atoms with Crippen LogP contribution in [0, 0.1) is 5.92 Å². The fourth-order valence-electron chi connectivity index (χ4n) is 3.05. The van der Waals surface area contributed by atoms with Gasteiger partial charge in [-0.1, -0.05) is 38.2 Å². The topological polar surface area (TPSA) is 101 Å². The number of rotatable bonds is 8. The second-order valence-electron chi connectivity index (χ2n) is 6.31. The van der Waals surface area contributed by atoms with Crippen molar-refractivity contribution in [2.75, 3.05) is 18.4 Å². The molecule has 0 unspecified atom stereocenters. The highest BCUT2D eigenvalue weighted by atomic mass is 35.5. The summed E-state index contributed by atoms with van der Waals surface area (Å²) >= 11 is 0. The summed E-state index contributed by atoms with van der Waals surface area (Å²) in [5.74, 6) is 0.585. The summed E-state index contributed by atoms with van der Waals surface area (Å²) in [6, 6.07) is 6.28. The van der Waals surface area contributed by atoms with Crippen molar-refractivity contribution in [3.05, 3.63) is 24.3 Å². The number of amides is 1. The number of nitrogens with one attached hydrogen (secondary N) is 2. The molecular weight excluding hydrogens is 362 g/mol. The zero-order valence-electron chi connectivity index (χ0n) is 14.4. The molecule has 0 spiro atoms. The standard InChI is InChI=1S/C17H27N3O3S.ClH/c18-11-12-19-24(22,23)16-8-4-7-15(13-16)20-17(21)10-9-14-5-2-1-3-6-14;/h4,7-8,13-14,19H,1-3,5-6,9-12,18H2,(H,20,21);1H. The van der Waals surface area contributed by atoms with Crippen LogP contribution in [0.3, 0.4) is 0 Å². The number of carbonyl (C=O) groups excluding carboxylic acids is 1. The largest absolute Gasteiger partial charge is 0.329 e. The number of carbonyl (C=O) groups is 1. The lowest BCUT2D eigenvalue weighted by Gasteiger charge is -2.21. The van der Waals surface area contributed by atoms with Gasteiger partial charge in [0.25, 0.3) is 0 Å². The molecule has 0 radical (unpaired) electrons. The minimum atomic E-state index is -3.59. The van der Waals surface area contributed by atoms with Gasteiger partial charge >= 0.3 is 0 Å². The zero-order chi connectivity index (χ0) is 17.4. The van der Waals surface area contributed by atoms with Crippen molar-refractivity contribution in [1.82, 2.24) is 4.72 Å². The van der Waals surface area contributed by atoms with Gasteiger partial charge in [-0.2, -0.15) is 0 Å².